The number of rotatable bonds is 6. The van der Waals surface area contributed by atoms with Crippen LogP contribution in [0.15, 0.2) is 24.0 Å². The van der Waals surface area contributed by atoms with Crippen molar-refractivity contribution in [2.24, 2.45) is 7.05 Å². The molecule has 0 bridgehead atoms. The second kappa shape index (κ2) is 5.93. The first-order valence-corrected chi connectivity index (χ1v) is 6.78. The van der Waals surface area contributed by atoms with Crippen LogP contribution in [0.1, 0.15) is 30.0 Å². The van der Waals surface area contributed by atoms with Crippen LogP contribution in [0.2, 0.25) is 0 Å². The summed E-state index contributed by atoms with van der Waals surface area (Å²) < 4.78 is 1.85. The summed E-state index contributed by atoms with van der Waals surface area (Å²) >= 11 is 1.71. The van der Waals surface area contributed by atoms with Crippen molar-refractivity contribution < 1.29 is 0 Å². The minimum atomic E-state index is 0.315. The molecule has 5 heteroatoms. The molecule has 0 saturated heterocycles. The van der Waals surface area contributed by atoms with Crippen molar-refractivity contribution in [3.63, 3.8) is 0 Å². The Labute approximate surface area is 106 Å². The Morgan fingerprint density at radius 3 is 3.00 bits per heavy atom. The normalized spacial score (nSPS) is 12.8. The summed E-state index contributed by atoms with van der Waals surface area (Å²) in [5.74, 6) is 0. The van der Waals surface area contributed by atoms with Gasteiger partial charge in [0.15, 0.2) is 0 Å². The zero-order chi connectivity index (χ0) is 12.1. The Kier molecular flexibility index (Phi) is 4.28. The van der Waals surface area contributed by atoms with Crippen LogP contribution >= 0.6 is 11.3 Å². The van der Waals surface area contributed by atoms with E-state index in [1.807, 2.05) is 29.5 Å². The summed E-state index contributed by atoms with van der Waals surface area (Å²) in [4.78, 5) is 4.35. The van der Waals surface area contributed by atoms with Crippen molar-refractivity contribution in [2.75, 3.05) is 6.54 Å². The van der Waals surface area contributed by atoms with Gasteiger partial charge in [0.2, 0.25) is 0 Å². The molecule has 1 atom stereocenters. The van der Waals surface area contributed by atoms with Gasteiger partial charge < -0.3 is 5.32 Å². The summed E-state index contributed by atoms with van der Waals surface area (Å²) in [6.07, 6.45) is 7.93. The second-order valence-electron chi connectivity index (χ2n) is 4.08. The zero-order valence-electron chi connectivity index (χ0n) is 10.3. The van der Waals surface area contributed by atoms with Gasteiger partial charge in [0.25, 0.3) is 0 Å². The van der Waals surface area contributed by atoms with E-state index in [0.29, 0.717) is 6.04 Å². The molecule has 0 saturated carbocycles. The van der Waals surface area contributed by atoms with E-state index < -0.39 is 0 Å². The minimum absolute atomic E-state index is 0.315. The van der Waals surface area contributed by atoms with Crippen LogP contribution < -0.4 is 5.32 Å². The van der Waals surface area contributed by atoms with Crippen molar-refractivity contribution in [3.8, 4) is 0 Å². The predicted octanol–water partition coefficient (Wildman–Crippen LogP) is 2.16. The topological polar surface area (TPSA) is 42.7 Å². The lowest BCUT2D eigenvalue weighted by molar-refractivity contribution is 0.528. The SMILES string of the molecule is CCCNC(Cc1nccs1)c1cnn(C)c1. The number of aryl methyl sites for hydroxylation is 1. The number of nitrogens with zero attached hydrogens (tertiary/aromatic N) is 3. The van der Waals surface area contributed by atoms with Crippen LogP contribution in [0.4, 0.5) is 0 Å². The van der Waals surface area contributed by atoms with Crippen LogP contribution in [0.5, 0.6) is 0 Å². The lowest BCUT2D eigenvalue weighted by atomic mass is 10.1. The standard InChI is InChI=1S/C12H18N4S/c1-3-4-13-11(7-12-14-5-6-17-12)10-8-15-16(2)9-10/h5-6,8-9,11,13H,3-4,7H2,1-2H3. The third kappa shape index (κ3) is 3.38. The number of nitrogens with one attached hydrogen (secondary N) is 1. The molecule has 17 heavy (non-hydrogen) atoms. The summed E-state index contributed by atoms with van der Waals surface area (Å²) in [5, 5.41) is 11.0. The molecule has 2 rings (SSSR count). The maximum Gasteiger partial charge on any atom is 0.0943 e. The molecule has 0 fully saturated rings. The fourth-order valence-corrected chi connectivity index (χ4v) is 2.44. The van der Waals surface area contributed by atoms with Gasteiger partial charge in [0.05, 0.1) is 11.2 Å². The highest BCUT2D eigenvalue weighted by molar-refractivity contribution is 7.09. The third-order valence-corrected chi connectivity index (χ3v) is 3.43. The molecule has 2 aromatic heterocycles. The average molecular weight is 250 g/mol. The van der Waals surface area contributed by atoms with Crippen molar-refractivity contribution in [1.29, 1.82) is 0 Å². The quantitative estimate of drug-likeness (QED) is 0.854. The molecular formula is C12H18N4S. The molecule has 0 amide bonds. The van der Waals surface area contributed by atoms with Gasteiger partial charge in [-0.25, -0.2) is 4.98 Å². The van der Waals surface area contributed by atoms with E-state index in [1.54, 1.807) is 11.3 Å². The molecule has 1 N–H and O–H groups in total. The van der Waals surface area contributed by atoms with Crippen LogP contribution in [0, 0.1) is 0 Å². The summed E-state index contributed by atoms with van der Waals surface area (Å²) in [7, 11) is 1.95. The van der Waals surface area contributed by atoms with Gasteiger partial charge in [-0.05, 0) is 13.0 Å². The number of aromatic nitrogens is 3. The first-order valence-electron chi connectivity index (χ1n) is 5.90. The highest BCUT2D eigenvalue weighted by Gasteiger charge is 2.14. The lowest BCUT2D eigenvalue weighted by Crippen LogP contribution is -2.23. The maximum absolute atomic E-state index is 4.35. The number of hydrogen-bond acceptors (Lipinski definition) is 4. The highest BCUT2D eigenvalue weighted by Crippen LogP contribution is 2.19. The van der Waals surface area contributed by atoms with Gasteiger partial charge in [-0.15, -0.1) is 11.3 Å². The van der Waals surface area contributed by atoms with Crippen LogP contribution in [0.3, 0.4) is 0 Å². The van der Waals surface area contributed by atoms with Crippen LogP contribution in [0.25, 0.3) is 0 Å². The largest absolute Gasteiger partial charge is 0.309 e. The molecule has 92 valence electrons. The van der Waals surface area contributed by atoms with E-state index >= 15 is 0 Å². The van der Waals surface area contributed by atoms with Crippen molar-refractivity contribution in [2.45, 2.75) is 25.8 Å². The Morgan fingerprint density at radius 1 is 1.53 bits per heavy atom. The molecule has 0 aliphatic carbocycles. The van der Waals surface area contributed by atoms with Gasteiger partial charge in [0, 0.05) is 42.8 Å². The fraction of sp³-hybridized carbons (Fsp3) is 0.500. The first-order chi connectivity index (χ1) is 8.29. The van der Waals surface area contributed by atoms with E-state index in [4.69, 9.17) is 0 Å². The number of thiazole rings is 1. The van der Waals surface area contributed by atoms with Gasteiger partial charge in [0.1, 0.15) is 0 Å². The Balaban J connectivity index is 2.07. The molecule has 2 aromatic rings. The molecule has 2 heterocycles. The molecule has 4 nitrogen and oxygen atoms in total. The van der Waals surface area contributed by atoms with Gasteiger partial charge >= 0.3 is 0 Å². The predicted molar refractivity (Wildman–Crippen MR) is 70.1 cm³/mol. The number of hydrogen-bond donors (Lipinski definition) is 1. The molecule has 0 radical (unpaired) electrons. The van der Waals surface area contributed by atoms with E-state index in [-0.39, 0.29) is 0 Å². The first kappa shape index (κ1) is 12.3. The molecule has 0 spiro atoms. The Hall–Kier alpha value is -1.20. The van der Waals surface area contributed by atoms with E-state index in [9.17, 15) is 0 Å². The minimum Gasteiger partial charge on any atom is -0.309 e. The molecule has 0 aliphatic rings. The second-order valence-corrected chi connectivity index (χ2v) is 5.06. The fourth-order valence-electron chi connectivity index (χ4n) is 1.77. The maximum atomic E-state index is 4.35. The summed E-state index contributed by atoms with van der Waals surface area (Å²) in [6, 6.07) is 0.315. The van der Waals surface area contributed by atoms with E-state index in [2.05, 4.69) is 28.5 Å². The smallest absolute Gasteiger partial charge is 0.0943 e. The van der Waals surface area contributed by atoms with Crippen molar-refractivity contribution in [3.05, 3.63) is 34.5 Å². The van der Waals surface area contributed by atoms with Gasteiger partial charge in [-0.3, -0.25) is 4.68 Å². The van der Waals surface area contributed by atoms with Gasteiger partial charge in [-0.1, -0.05) is 6.92 Å². The average Bonchev–Trinajstić information content (AvgIpc) is 2.95. The molecular weight excluding hydrogens is 232 g/mol. The Bertz CT molecular complexity index is 435. The van der Waals surface area contributed by atoms with Gasteiger partial charge in [-0.2, -0.15) is 5.10 Å². The van der Waals surface area contributed by atoms with Crippen molar-refractivity contribution >= 4 is 11.3 Å². The van der Waals surface area contributed by atoms with E-state index in [1.165, 1.54) is 10.6 Å². The monoisotopic (exact) mass is 250 g/mol. The van der Waals surface area contributed by atoms with Crippen LogP contribution in [-0.2, 0) is 13.5 Å². The molecule has 1 unspecified atom stereocenters. The molecule has 0 aromatic carbocycles. The molecule has 0 aliphatic heterocycles. The van der Waals surface area contributed by atoms with Crippen LogP contribution in [-0.4, -0.2) is 21.3 Å². The zero-order valence-corrected chi connectivity index (χ0v) is 11.1. The third-order valence-electron chi connectivity index (χ3n) is 2.63. The highest BCUT2D eigenvalue weighted by atomic mass is 32.1. The summed E-state index contributed by atoms with van der Waals surface area (Å²) in [5.41, 5.74) is 1.23. The lowest BCUT2D eigenvalue weighted by Gasteiger charge is -2.15. The van der Waals surface area contributed by atoms with E-state index in [0.717, 1.165) is 19.4 Å². The van der Waals surface area contributed by atoms with Crippen molar-refractivity contribution in [1.82, 2.24) is 20.1 Å². The summed E-state index contributed by atoms with van der Waals surface area (Å²) in [6.45, 7) is 3.20. The Morgan fingerprint density at radius 2 is 2.41 bits per heavy atom.